The highest BCUT2D eigenvalue weighted by Crippen LogP contribution is 2.26. The molecule has 1 N–H and O–H groups in total. The van der Waals surface area contributed by atoms with Crippen LogP contribution in [0.3, 0.4) is 0 Å². The molecule has 0 amide bonds. The molecule has 0 atom stereocenters. The minimum Gasteiger partial charge on any atom is -0.358 e. The molecule has 0 fully saturated rings. The van der Waals surface area contributed by atoms with Gasteiger partial charge in [-0.05, 0) is 18.1 Å². The molecule has 2 nitrogen and oxygen atoms in total. The monoisotopic (exact) mass is 312 g/mol. The van der Waals surface area contributed by atoms with Crippen molar-refractivity contribution in [3.05, 3.63) is 35.5 Å². The van der Waals surface area contributed by atoms with Crippen LogP contribution >= 0.6 is 22.9 Å². The highest BCUT2D eigenvalue weighted by molar-refractivity contribution is 14.1. The maximum atomic E-state index is 3.55. The van der Waals surface area contributed by atoms with Crippen LogP contribution in [0.25, 0.3) is 10.9 Å². The highest BCUT2D eigenvalue weighted by atomic mass is 127. The summed E-state index contributed by atoms with van der Waals surface area (Å²) in [5.41, 5.74) is 4.27. The fourth-order valence-electron chi connectivity index (χ4n) is 2.33. The molecule has 3 rings (SSSR count). The first kappa shape index (κ1) is 9.66. The normalized spacial score (nSPS) is 17.7. The summed E-state index contributed by atoms with van der Waals surface area (Å²) in [6.45, 7) is 2.32. The van der Waals surface area contributed by atoms with Crippen molar-refractivity contribution in [3.63, 3.8) is 0 Å². The Balaban J connectivity index is 2.15. The number of hydrogen-bond acceptors (Lipinski definition) is 1. The van der Waals surface area contributed by atoms with E-state index >= 15 is 0 Å². The molecule has 0 radical (unpaired) electrons. The predicted molar refractivity (Wildman–Crippen MR) is 71.3 cm³/mol. The number of aromatic nitrogens is 1. The molecule has 15 heavy (non-hydrogen) atoms. The molecule has 0 unspecified atom stereocenters. The SMILES string of the molecule is IN1CCc2[nH]c3ccccc3c2CC1. The number of fused-ring (bicyclic) bond motifs is 3. The molecule has 0 bridgehead atoms. The number of halogens is 1. The Morgan fingerprint density at radius 1 is 1.13 bits per heavy atom. The Bertz CT molecular complexity index is 489. The number of benzene rings is 1. The van der Waals surface area contributed by atoms with Crippen molar-refractivity contribution in [1.29, 1.82) is 0 Å². The van der Waals surface area contributed by atoms with Gasteiger partial charge in [0.15, 0.2) is 0 Å². The highest BCUT2D eigenvalue weighted by Gasteiger charge is 2.16. The van der Waals surface area contributed by atoms with Crippen LogP contribution in [0.15, 0.2) is 24.3 Å². The van der Waals surface area contributed by atoms with Crippen molar-refractivity contribution in [2.45, 2.75) is 12.8 Å². The zero-order valence-electron chi connectivity index (χ0n) is 8.46. The van der Waals surface area contributed by atoms with Gasteiger partial charge in [0.25, 0.3) is 0 Å². The maximum Gasteiger partial charge on any atom is 0.0458 e. The summed E-state index contributed by atoms with van der Waals surface area (Å²) < 4.78 is 2.38. The average Bonchev–Trinajstić information content (AvgIpc) is 2.51. The number of hydrogen-bond donors (Lipinski definition) is 1. The van der Waals surface area contributed by atoms with E-state index in [1.807, 2.05) is 0 Å². The third kappa shape index (κ3) is 1.67. The van der Waals surface area contributed by atoms with Gasteiger partial charge < -0.3 is 4.98 Å². The van der Waals surface area contributed by atoms with E-state index in [-0.39, 0.29) is 0 Å². The Labute approximate surface area is 103 Å². The zero-order valence-corrected chi connectivity index (χ0v) is 10.6. The molecular weight excluding hydrogens is 299 g/mol. The van der Waals surface area contributed by atoms with Gasteiger partial charge in [0, 0.05) is 59.0 Å². The number of H-pyrrole nitrogens is 1. The first-order chi connectivity index (χ1) is 7.34. The van der Waals surface area contributed by atoms with Crippen molar-refractivity contribution in [2.24, 2.45) is 0 Å². The summed E-state index contributed by atoms with van der Waals surface area (Å²) in [7, 11) is 0. The Morgan fingerprint density at radius 2 is 1.93 bits per heavy atom. The summed E-state index contributed by atoms with van der Waals surface area (Å²) in [4.78, 5) is 3.55. The second kappa shape index (κ2) is 3.79. The number of rotatable bonds is 0. The quantitative estimate of drug-likeness (QED) is 0.585. The molecule has 0 aliphatic carbocycles. The fraction of sp³-hybridized carbons (Fsp3) is 0.333. The molecule has 3 heteroatoms. The van der Waals surface area contributed by atoms with Gasteiger partial charge in [-0.1, -0.05) is 18.2 Å². The van der Waals surface area contributed by atoms with Crippen LogP contribution in [0.1, 0.15) is 11.3 Å². The first-order valence-corrected chi connectivity index (χ1v) is 6.30. The Morgan fingerprint density at radius 3 is 2.87 bits per heavy atom. The Kier molecular flexibility index (Phi) is 2.44. The van der Waals surface area contributed by atoms with E-state index in [0.29, 0.717) is 0 Å². The van der Waals surface area contributed by atoms with Crippen LogP contribution in [0, 0.1) is 0 Å². The van der Waals surface area contributed by atoms with E-state index in [4.69, 9.17) is 0 Å². The smallest absolute Gasteiger partial charge is 0.0458 e. The van der Waals surface area contributed by atoms with Crippen molar-refractivity contribution in [1.82, 2.24) is 8.10 Å². The largest absolute Gasteiger partial charge is 0.358 e. The molecule has 0 saturated heterocycles. The lowest BCUT2D eigenvalue weighted by Gasteiger charge is -2.08. The minimum atomic E-state index is 1.15. The van der Waals surface area contributed by atoms with Gasteiger partial charge in [0.05, 0.1) is 0 Å². The lowest BCUT2D eigenvalue weighted by Crippen LogP contribution is -2.14. The topological polar surface area (TPSA) is 19.0 Å². The summed E-state index contributed by atoms with van der Waals surface area (Å²) >= 11 is 2.42. The fourth-order valence-corrected chi connectivity index (χ4v) is 2.82. The third-order valence-corrected chi connectivity index (χ3v) is 4.08. The number of nitrogens with one attached hydrogen (secondary N) is 1. The van der Waals surface area contributed by atoms with Crippen molar-refractivity contribution in [3.8, 4) is 0 Å². The van der Waals surface area contributed by atoms with Crippen molar-refractivity contribution < 1.29 is 0 Å². The number of aromatic amines is 1. The molecule has 1 aromatic carbocycles. The lowest BCUT2D eigenvalue weighted by molar-refractivity contribution is 0.532. The van der Waals surface area contributed by atoms with Gasteiger partial charge in [0.1, 0.15) is 0 Å². The summed E-state index contributed by atoms with van der Waals surface area (Å²) in [6.07, 6.45) is 2.31. The number of para-hydroxylation sites is 1. The standard InChI is InChI=1S/C12H13IN2/c13-15-7-5-10-9-3-1-2-4-11(9)14-12(10)6-8-15/h1-4,14H,5-8H2. The van der Waals surface area contributed by atoms with Crippen LogP contribution < -0.4 is 0 Å². The molecule has 0 spiro atoms. The van der Waals surface area contributed by atoms with Crippen LogP contribution in [-0.4, -0.2) is 21.2 Å². The van der Waals surface area contributed by atoms with Crippen LogP contribution in [-0.2, 0) is 12.8 Å². The molecular formula is C12H13IN2. The summed E-state index contributed by atoms with van der Waals surface area (Å²) in [6, 6.07) is 8.63. The molecule has 2 aromatic rings. The third-order valence-electron chi connectivity index (χ3n) is 3.11. The van der Waals surface area contributed by atoms with E-state index in [2.05, 4.69) is 55.2 Å². The predicted octanol–water partition coefficient (Wildman–Crippen LogP) is 2.92. The van der Waals surface area contributed by atoms with Crippen molar-refractivity contribution in [2.75, 3.05) is 13.1 Å². The average molecular weight is 312 g/mol. The van der Waals surface area contributed by atoms with E-state index < -0.39 is 0 Å². The zero-order chi connectivity index (χ0) is 10.3. The molecule has 2 heterocycles. The second-order valence-electron chi connectivity index (χ2n) is 4.04. The van der Waals surface area contributed by atoms with Crippen LogP contribution in [0.4, 0.5) is 0 Å². The minimum absolute atomic E-state index is 1.15. The molecule has 1 aromatic heterocycles. The van der Waals surface area contributed by atoms with Gasteiger partial charge in [0.2, 0.25) is 0 Å². The van der Waals surface area contributed by atoms with Gasteiger partial charge in [-0.15, -0.1) is 0 Å². The first-order valence-electron chi connectivity index (χ1n) is 5.34. The van der Waals surface area contributed by atoms with Gasteiger partial charge in [-0.25, -0.2) is 3.11 Å². The second-order valence-corrected chi connectivity index (χ2v) is 5.40. The lowest BCUT2D eigenvalue weighted by atomic mass is 10.1. The molecule has 1 aliphatic heterocycles. The maximum absolute atomic E-state index is 3.55. The van der Waals surface area contributed by atoms with E-state index in [0.717, 1.165) is 19.5 Å². The molecule has 1 aliphatic rings. The number of nitrogens with zero attached hydrogens (tertiary/aromatic N) is 1. The van der Waals surface area contributed by atoms with E-state index in [1.54, 1.807) is 0 Å². The molecule has 78 valence electrons. The van der Waals surface area contributed by atoms with Crippen LogP contribution in [0.5, 0.6) is 0 Å². The summed E-state index contributed by atoms with van der Waals surface area (Å²) in [5.74, 6) is 0. The van der Waals surface area contributed by atoms with Crippen molar-refractivity contribution >= 4 is 33.8 Å². The van der Waals surface area contributed by atoms with E-state index in [9.17, 15) is 0 Å². The van der Waals surface area contributed by atoms with Gasteiger partial charge in [-0.2, -0.15) is 0 Å². The van der Waals surface area contributed by atoms with Gasteiger partial charge >= 0.3 is 0 Å². The Hall–Kier alpha value is -0.550. The molecule has 0 saturated carbocycles. The van der Waals surface area contributed by atoms with Gasteiger partial charge in [-0.3, -0.25) is 0 Å². The summed E-state index contributed by atoms with van der Waals surface area (Å²) in [5, 5.41) is 1.42. The van der Waals surface area contributed by atoms with Crippen LogP contribution in [0.2, 0.25) is 0 Å². The van der Waals surface area contributed by atoms with E-state index in [1.165, 1.54) is 28.6 Å².